The summed E-state index contributed by atoms with van der Waals surface area (Å²) in [6.45, 7) is 0.0710. The van der Waals surface area contributed by atoms with E-state index in [1.165, 1.54) is 12.5 Å². The van der Waals surface area contributed by atoms with E-state index >= 15 is 0 Å². The van der Waals surface area contributed by atoms with Gasteiger partial charge >= 0.3 is 6.03 Å². The predicted molar refractivity (Wildman–Crippen MR) is 81.7 cm³/mol. The van der Waals surface area contributed by atoms with E-state index < -0.39 is 30.4 Å². The minimum atomic E-state index is -1.10. The van der Waals surface area contributed by atoms with E-state index in [1.54, 1.807) is 12.1 Å². The Kier molecular flexibility index (Phi) is 4.56. The van der Waals surface area contributed by atoms with Crippen LogP contribution in [0.25, 0.3) is 0 Å². The van der Waals surface area contributed by atoms with Crippen LogP contribution in [0.3, 0.4) is 0 Å². The summed E-state index contributed by atoms with van der Waals surface area (Å²) in [5.41, 5.74) is 1.24. The molecule has 8 heteroatoms. The second kappa shape index (κ2) is 6.78. The molecule has 0 bridgehead atoms. The third-order valence-electron chi connectivity index (χ3n) is 3.68. The maximum absolute atomic E-state index is 11.8. The second-order valence-electron chi connectivity index (χ2n) is 5.28. The summed E-state index contributed by atoms with van der Waals surface area (Å²) in [4.78, 5) is 18.5. The van der Waals surface area contributed by atoms with Crippen molar-refractivity contribution < 1.29 is 19.7 Å². The van der Waals surface area contributed by atoms with Gasteiger partial charge in [0.05, 0.1) is 18.2 Å². The third-order valence-corrected chi connectivity index (χ3v) is 3.68. The first kappa shape index (κ1) is 15.5. The van der Waals surface area contributed by atoms with Crippen LogP contribution in [0.5, 0.6) is 0 Å². The normalized spacial score (nSPS) is 26.9. The van der Waals surface area contributed by atoms with Crippen molar-refractivity contribution in [2.75, 3.05) is 11.9 Å². The molecule has 4 atom stereocenters. The van der Waals surface area contributed by atoms with Gasteiger partial charge in [0.25, 0.3) is 0 Å². The number of benzene rings is 1. The smallest absolute Gasteiger partial charge is 0.319 e. The van der Waals surface area contributed by atoms with Crippen LogP contribution in [0, 0.1) is 0 Å². The van der Waals surface area contributed by atoms with Gasteiger partial charge in [-0.2, -0.15) is 0 Å². The molecule has 122 valence electrons. The number of hydrogen-bond donors (Lipinski definition) is 5. The molecule has 8 nitrogen and oxygen atoms in total. The Bertz CT molecular complexity index is 634. The molecule has 1 fully saturated rings. The minimum Gasteiger partial charge on any atom is -0.388 e. The lowest BCUT2D eigenvalue weighted by Crippen LogP contribution is -2.41. The van der Waals surface area contributed by atoms with E-state index in [4.69, 9.17) is 4.74 Å². The molecule has 0 aliphatic carbocycles. The van der Waals surface area contributed by atoms with E-state index in [2.05, 4.69) is 20.6 Å². The first-order valence-corrected chi connectivity index (χ1v) is 7.25. The number of hydrogen-bond acceptors (Lipinski definition) is 5. The standard InChI is InChI=1S/C15H18N4O4/c20-12-11(23-14(13(12)21)10-6-16-8-18-10)7-17-15(22)19-9-4-2-1-3-5-9/h1-6,8,11-14,20-21H,7H2,(H,16,18)(H2,17,19,22)/t11-,12-,13-,14+/m1/s1. The number of nitrogens with zero attached hydrogens (tertiary/aromatic N) is 1. The molecule has 5 N–H and O–H groups in total. The van der Waals surface area contributed by atoms with Crippen LogP contribution in [0.2, 0.25) is 0 Å². The molecule has 1 aromatic carbocycles. The Morgan fingerprint density at radius 3 is 2.74 bits per heavy atom. The number of amides is 2. The minimum absolute atomic E-state index is 0.0710. The molecule has 23 heavy (non-hydrogen) atoms. The molecule has 0 saturated carbocycles. The van der Waals surface area contributed by atoms with Crippen molar-refractivity contribution in [3.63, 3.8) is 0 Å². The van der Waals surface area contributed by atoms with E-state index in [0.29, 0.717) is 11.4 Å². The number of carbonyl (C=O) groups excluding carboxylic acids is 1. The maximum atomic E-state index is 11.8. The van der Waals surface area contributed by atoms with Crippen molar-refractivity contribution in [1.82, 2.24) is 15.3 Å². The fraction of sp³-hybridized carbons (Fsp3) is 0.333. The van der Waals surface area contributed by atoms with Crippen LogP contribution >= 0.6 is 0 Å². The number of anilines is 1. The molecule has 2 heterocycles. The summed E-state index contributed by atoms with van der Waals surface area (Å²) >= 11 is 0. The third kappa shape index (κ3) is 3.50. The van der Waals surface area contributed by atoms with Gasteiger partial charge in [-0.25, -0.2) is 9.78 Å². The number of nitrogens with one attached hydrogen (secondary N) is 3. The van der Waals surface area contributed by atoms with Crippen molar-refractivity contribution in [3.8, 4) is 0 Å². The summed E-state index contributed by atoms with van der Waals surface area (Å²) < 4.78 is 5.62. The number of urea groups is 1. The fourth-order valence-electron chi connectivity index (χ4n) is 2.49. The lowest BCUT2D eigenvalue weighted by atomic mass is 10.1. The molecule has 0 radical (unpaired) electrons. The van der Waals surface area contributed by atoms with Crippen LogP contribution in [0.4, 0.5) is 10.5 Å². The summed E-state index contributed by atoms with van der Waals surface area (Å²) in [6, 6.07) is 8.58. The first-order chi connectivity index (χ1) is 11.1. The zero-order valence-corrected chi connectivity index (χ0v) is 12.2. The number of aromatic amines is 1. The Labute approximate surface area is 132 Å². The zero-order valence-electron chi connectivity index (χ0n) is 12.2. The number of aliphatic hydroxyl groups is 2. The molecule has 1 aliphatic heterocycles. The molecule has 1 aromatic heterocycles. The summed E-state index contributed by atoms with van der Waals surface area (Å²) in [5.74, 6) is 0. The number of imidazole rings is 1. The summed E-state index contributed by atoms with van der Waals surface area (Å²) in [6.07, 6.45) is -0.592. The van der Waals surface area contributed by atoms with Gasteiger partial charge in [-0.1, -0.05) is 18.2 Å². The lowest BCUT2D eigenvalue weighted by Gasteiger charge is -2.15. The van der Waals surface area contributed by atoms with Crippen molar-refractivity contribution in [3.05, 3.63) is 48.5 Å². The molecule has 0 spiro atoms. The van der Waals surface area contributed by atoms with Crippen molar-refractivity contribution in [2.24, 2.45) is 0 Å². The van der Waals surface area contributed by atoms with Crippen LogP contribution in [0.15, 0.2) is 42.9 Å². The summed E-state index contributed by atoms with van der Waals surface area (Å²) in [7, 11) is 0. The quantitative estimate of drug-likeness (QED) is 0.559. The van der Waals surface area contributed by atoms with Gasteiger partial charge in [-0.05, 0) is 12.1 Å². The molecule has 3 rings (SSSR count). The number of aliphatic hydroxyl groups excluding tert-OH is 2. The van der Waals surface area contributed by atoms with Crippen molar-refractivity contribution >= 4 is 11.7 Å². The van der Waals surface area contributed by atoms with Gasteiger partial charge in [0.15, 0.2) is 0 Å². The highest BCUT2D eigenvalue weighted by atomic mass is 16.5. The van der Waals surface area contributed by atoms with Crippen LogP contribution in [-0.4, -0.2) is 51.1 Å². The molecule has 1 saturated heterocycles. The van der Waals surface area contributed by atoms with Gasteiger partial charge in [0.1, 0.15) is 24.4 Å². The average Bonchev–Trinajstić information content (AvgIpc) is 3.17. The highest BCUT2D eigenvalue weighted by molar-refractivity contribution is 5.89. The summed E-state index contributed by atoms with van der Waals surface area (Å²) in [5, 5.41) is 25.4. The maximum Gasteiger partial charge on any atom is 0.319 e. The fourth-order valence-corrected chi connectivity index (χ4v) is 2.49. The molecular weight excluding hydrogens is 300 g/mol. The average molecular weight is 318 g/mol. The first-order valence-electron chi connectivity index (χ1n) is 7.25. The van der Waals surface area contributed by atoms with E-state index in [9.17, 15) is 15.0 Å². The van der Waals surface area contributed by atoms with Crippen molar-refractivity contribution in [2.45, 2.75) is 24.4 Å². The van der Waals surface area contributed by atoms with E-state index in [-0.39, 0.29) is 6.54 Å². The van der Waals surface area contributed by atoms with Gasteiger partial charge in [-0.3, -0.25) is 0 Å². The number of para-hydroxylation sites is 1. The number of carbonyl (C=O) groups is 1. The molecule has 2 amide bonds. The number of H-pyrrole nitrogens is 1. The van der Waals surface area contributed by atoms with Gasteiger partial charge in [-0.15, -0.1) is 0 Å². The topological polar surface area (TPSA) is 120 Å². The molecular formula is C15H18N4O4. The number of ether oxygens (including phenoxy) is 1. The van der Waals surface area contributed by atoms with Gasteiger partial charge in [0, 0.05) is 12.2 Å². The van der Waals surface area contributed by atoms with E-state index in [1.807, 2.05) is 18.2 Å². The van der Waals surface area contributed by atoms with Gasteiger partial charge in [0.2, 0.25) is 0 Å². The lowest BCUT2D eigenvalue weighted by molar-refractivity contribution is 0.00709. The monoisotopic (exact) mass is 318 g/mol. The predicted octanol–water partition coefficient (Wildman–Crippen LogP) is 0.393. The Morgan fingerprint density at radius 1 is 1.26 bits per heavy atom. The number of aromatic nitrogens is 2. The highest BCUT2D eigenvalue weighted by Gasteiger charge is 2.43. The largest absolute Gasteiger partial charge is 0.388 e. The van der Waals surface area contributed by atoms with Crippen LogP contribution < -0.4 is 10.6 Å². The Balaban J connectivity index is 1.53. The highest BCUT2D eigenvalue weighted by Crippen LogP contribution is 2.32. The number of rotatable bonds is 4. The molecule has 0 unspecified atom stereocenters. The Morgan fingerprint density at radius 2 is 2.04 bits per heavy atom. The zero-order chi connectivity index (χ0) is 16.2. The Hall–Kier alpha value is -2.42. The van der Waals surface area contributed by atoms with Crippen LogP contribution in [-0.2, 0) is 4.74 Å². The SMILES string of the molecule is O=C(NC[C@H]1O[C@@H](c2cnc[nH]2)[C@H](O)[C@@H]1O)Nc1ccccc1. The molecule has 2 aromatic rings. The van der Waals surface area contributed by atoms with Crippen LogP contribution in [0.1, 0.15) is 11.8 Å². The second-order valence-corrected chi connectivity index (χ2v) is 5.28. The molecule has 1 aliphatic rings. The van der Waals surface area contributed by atoms with Gasteiger partial charge < -0.3 is 30.6 Å². The van der Waals surface area contributed by atoms with E-state index in [0.717, 1.165) is 0 Å². The van der Waals surface area contributed by atoms with Crippen molar-refractivity contribution in [1.29, 1.82) is 0 Å².